The summed E-state index contributed by atoms with van der Waals surface area (Å²) in [5, 5.41) is 3.43. The molecule has 0 bridgehead atoms. The molecule has 0 amide bonds. The van der Waals surface area contributed by atoms with E-state index < -0.39 is 0 Å². The van der Waals surface area contributed by atoms with Crippen LogP contribution in [0.2, 0.25) is 0 Å². The van der Waals surface area contributed by atoms with Gasteiger partial charge in [-0.3, -0.25) is 4.90 Å². The van der Waals surface area contributed by atoms with Gasteiger partial charge < -0.3 is 5.32 Å². The van der Waals surface area contributed by atoms with Crippen molar-refractivity contribution in [1.82, 2.24) is 10.2 Å². The molecule has 1 heterocycles. The van der Waals surface area contributed by atoms with Crippen LogP contribution in [0.4, 0.5) is 0 Å². The van der Waals surface area contributed by atoms with E-state index >= 15 is 0 Å². The minimum Gasteiger partial charge on any atom is -0.316 e. The number of rotatable bonds is 6. The van der Waals surface area contributed by atoms with Crippen molar-refractivity contribution in [3.05, 3.63) is 0 Å². The fraction of sp³-hybridized carbons (Fsp3) is 1.00. The van der Waals surface area contributed by atoms with Gasteiger partial charge in [0.1, 0.15) is 0 Å². The van der Waals surface area contributed by atoms with Crippen LogP contribution in [0.25, 0.3) is 0 Å². The molecule has 16 heavy (non-hydrogen) atoms. The maximum atomic E-state index is 3.43. The highest BCUT2D eigenvalue weighted by Gasteiger charge is 2.27. The maximum Gasteiger partial charge on any atom is 0.0246 e. The summed E-state index contributed by atoms with van der Waals surface area (Å²) < 4.78 is 0. The third kappa shape index (κ3) is 3.74. The molecule has 1 fully saturated rings. The first-order valence-corrected chi connectivity index (χ1v) is 7.14. The van der Waals surface area contributed by atoms with E-state index in [1.807, 2.05) is 0 Å². The molecule has 1 N–H and O–H groups in total. The minimum absolute atomic E-state index is 0.634. The third-order valence-electron chi connectivity index (χ3n) is 4.34. The molecule has 1 aliphatic rings. The van der Waals surface area contributed by atoms with Crippen LogP contribution in [-0.4, -0.2) is 37.1 Å². The summed E-state index contributed by atoms with van der Waals surface area (Å²) in [6.07, 6.45) is 6.84. The van der Waals surface area contributed by atoms with Gasteiger partial charge in [0, 0.05) is 18.6 Å². The normalized spacial score (nSPS) is 24.9. The summed E-state index contributed by atoms with van der Waals surface area (Å²) in [7, 11) is 2.09. The average Bonchev–Trinajstić information content (AvgIpc) is 2.35. The van der Waals surface area contributed by atoms with Crippen molar-refractivity contribution in [3.8, 4) is 0 Å². The zero-order chi connectivity index (χ0) is 12.0. The van der Waals surface area contributed by atoms with Crippen molar-refractivity contribution in [3.63, 3.8) is 0 Å². The molecule has 0 saturated carbocycles. The molecule has 2 heteroatoms. The summed E-state index contributed by atoms with van der Waals surface area (Å²) >= 11 is 0. The predicted octanol–water partition coefficient (Wildman–Crippen LogP) is 2.89. The molecule has 1 saturated heterocycles. The predicted molar refractivity (Wildman–Crippen MR) is 71.8 cm³/mol. The first kappa shape index (κ1) is 14.0. The summed E-state index contributed by atoms with van der Waals surface area (Å²) in [4.78, 5) is 2.74. The topological polar surface area (TPSA) is 15.3 Å². The molecule has 0 radical (unpaired) electrons. The average molecular weight is 226 g/mol. The Balaban J connectivity index is 2.52. The highest BCUT2D eigenvalue weighted by Crippen LogP contribution is 2.22. The van der Waals surface area contributed by atoms with Gasteiger partial charge in [0.05, 0.1) is 0 Å². The van der Waals surface area contributed by atoms with E-state index in [-0.39, 0.29) is 0 Å². The zero-order valence-corrected chi connectivity index (χ0v) is 11.6. The molecule has 0 aromatic heterocycles. The summed E-state index contributed by atoms with van der Waals surface area (Å²) in [6, 6.07) is 1.40. The van der Waals surface area contributed by atoms with Gasteiger partial charge in [-0.2, -0.15) is 0 Å². The standard InChI is InChI=1S/C14H30N2/c1-5-13(6-2)11-16-10-8-7-9-14(16)12(3)15-4/h12-15H,5-11H2,1-4H3. The molecule has 1 aliphatic heterocycles. The highest BCUT2D eigenvalue weighted by atomic mass is 15.2. The van der Waals surface area contributed by atoms with Gasteiger partial charge in [0.25, 0.3) is 0 Å². The van der Waals surface area contributed by atoms with E-state index in [1.165, 1.54) is 45.2 Å². The number of nitrogens with one attached hydrogen (secondary N) is 1. The van der Waals surface area contributed by atoms with Gasteiger partial charge in [0.15, 0.2) is 0 Å². The second kappa shape index (κ2) is 7.29. The monoisotopic (exact) mass is 226 g/mol. The van der Waals surface area contributed by atoms with Crippen molar-refractivity contribution in [1.29, 1.82) is 0 Å². The van der Waals surface area contributed by atoms with E-state index in [4.69, 9.17) is 0 Å². The van der Waals surface area contributed by atoms with Gasteiger partial charge in [-0.05, 0) is 39.3 Å². The van der Waals surface area contributed by atoms with Gasteiger partial charge in [-0.1, -0.05) is 33.1 Å². The Kier molecular flexibility index (Phi) is 6.37. The Labute approximate surface area is 102 Å². The lowest BCUT2D eigenvalue weighted by Gasteiger charge is -2.40. The molecular formula is C14H30N2. The van der Waals surface area contributed by atoms with Crippen LogP contribution in [-0.2, 0) is 0 Å². The molecule has 2 nitrogen and oxygen atoms in total. The summed E-state index contributed by atoms with van der Waals surface area (Å²) in [5.74, 6) is 0.893. The molecular weight excluding hydrogens is 196 g/mol. The van der Waals surface area contributed by atoms with Crippen LogP contribution in [0.15, 0.2) is 0 Å². The van der Waals surface area contributed by atoms with Crippen LogP contribution in [0.5, 0.6) is 0 Å². The quantitative estimate of drug-likeness (QED) is 0.749. The molecule has 0 aliphatic carbocycles. The molecule has 1 rings (SSSR count). The number of likely N-dealkylation sites (N-methyl/N-ethyl adjacent to an activating group) is 1. The lowest BCUT2D eigenvalue weighted by atomic mass is 9.93. The zero-order valence-electron chi connectivity index (χ0n) is 11.6. The van der Waals surface area contributed by atoms with Gasteiger partial charge in [0.2, 0.25) is 0 Å². The third-order valence-corrected chi connectivity index (χ3v) is 4.34. The summed E-state index contributed by atoms with van der Waals surface area (Å²) in [5.41, 5.74) is 0. The minimum atomic E-state index is 0.634. The fourth-order valence-electron chi connectivity index (χ4n) is 2.88. The lowest BCUT2D eigenvalue weighted by molar-refractivity contribution is 0.100. The lowest BCUT2D eigenvalue weighted by Crippen LogP contribution is -2.51. The van der Waals surface area contributed by atoms with E-state index in [9.17, 15) is 0 Å². The van der Waals surface area contributed by atoms with Crippen molar-refractivity contribution >= 4 is 0 Å². The van der Waals surface area contributed by atoms with Gasteiger partial charge >= 0.3 is 0 Å². The Hall–Kier alpha value is -0.0800. The van der Waals surface area contributed by atoms with E-state index in [0.29, 0.717) is 6.04 Å². The second-order valence-corrected chi connectivity index (χ2v) is 5.32. The Morgan fingerprint density at radius 3 is 2.50 bits per heavy atom. The first-order chi connectivity index (χ1) is 7.72. The van der Waals surface area contributed by atoms with Gasteiger partial charge in [-0.25, -0.2) is 0 Å². The molecule has 0 aromatic rings. The Bertz CT molecular complexity index is 178. The van der Waals surface area contributed by atoms with Crippen LogP contribution >= 0.6 is 0 Å². The van der Waals surface area contributed by atoms with Crippen molar-refractivity contribution in [2.45, 2.75) is 65.0 Å². The van der Waals surface area contributed by atoms with Crippen LogP contribution < -0.4 is 5.32 Å². The first-order valence-electron chi connectivity index (χ1n) is 7.14. The number of hydrogen-bond donors (Lipinski definition) is 1. The van der Waals surface area contributed by atoms with Crippen LogP contribution in [0, 0.1) is 5.92 Å². The number of hydrogen-bond acceptors (Lipinski definition) is 2. The fourth-order valence-corrected chi connectivity index (χ4v) is 2.88. The highest BCUT2D eigenvalue weighted by molar-refractivity contribution is 4.85. The number of piperidine rings is 1. The SMILES string of the molecule is CCC(CC)CN1CCCCC1C(C)NC. The Morgan fingerprint density at radius 2 is 1.94 bits per heavy atom. The molecule has 2 unspecified atom stereocenters. The molecule has 0 aromatic carbocycles. The van der Waals surface area contributed by atoms with Gasteiger partial charge in [-0.15, -0.1) is 0 Å². The number of likely N-dealkylation sites (tertiary alicyclic amines) is 1. The van der Waals surface area contributed by atoms with Crippen molar-refractivity contribution < 1.29 is 0 Å². The van der Waals surface area contributed by atoms with E-state index in [1.54, 1.807) is 0 Å². The summed E-state index contributed by atoms with van der Waals surface area (Å²) in [6.45, 7) is 9.61. The van der Waals surface area contributed by atoms with Crippen molar-refractivity contribution in [2.24, 2.45) is 5.92 Å². The molecule has 96 valence electrons. The second-order valence-electron chi connectivity index (χ2n) is 5.32. The van der Waals surface area contributed by atoms with Crippen LogP contribution in [0.1, 0.15) is 52.9 Å². The van der Waals surface area contributed by atoms with E-state index in [2.05, 4.69) is 38.0 Å². The maximum absolute atomic E-state index is 3.43. The Morgan fingerprint density at radius 1 is 1.25 bits per heavy atom. The smallest absolute Gasteiger partial charge is 0.0246 e. The van der Waals surface area contributed by atoms with E-state index in [0.717, 1.165) is 12.0 Å². The van der Waals surface area contributed by atoms with Crippen molar-refractivity contribution in [2.75, 3.05) is 20.1 Å². The molecule has 2 atom stereocenters. The number of nitrogens with zero attached hydrogens (tertiary/aromatic N) is 1. The largest absolute Gasteiger partial charge is 0.316 e. The molecule has 0 spiro atoms. The van der Waals surface area contributed by atoms with Crippen LogP contribution in [0.3, 0.4) is 0 Å².